The topological polar surface area (TPSA) is 216 Å². The molecule has 42 heavy (non-hydrogen) atoms. The van der Waals surface area contributed by atoms with Crippen molar-refractivity contribution in [2.24, 2.45) is 0 Å². The number of nitrogens with two attached hydrogens (primary N) is 1. The second kappa shape index (κ2) is 11.4. The standard InChI is InChI=1S/C28H19N3O9S.Na/c29-24-21(41(38,39)40)12-19(22-23(24)26(34)17-7-2-1-6-16(17)25(22)33)30-14-5-3-4-13(10-14)27(35)31-15-8-9-20(32)18(11-15)28(36)37;/h1-12,30,32H,29H2,(H,31,35)(H,36,37)(H,38,39,40);/q;+1/p-1. The van der Waals surface area contributed by atoms with Gasteiger partial charge in [-0.25, -0.2) is 4.79 Å². The average molecular weight is 596 g/mol. The molecule has 14 heteroatoms. The molecule has 0 spiro atoms. The molecule has 0 radical (unpaired) electrons. The monoisotopic (exact) mass is 595 g/mol. The number of ketones is 2. The third-order valence-corrected chi connectivity index (χ3v) is 7.24. The van der Waals surface area contributed by atoms with E-state index in [1.54, 1.807) is 6.07 Å². The van der Waals surface area contributed by atoms with Gasteiger partial charge >= 0.3 is 35.5 Å². The Balaban J connectivity index is 0.00000405. The summed E-state index contributed by atoms with van der Waals surface area (Å²) in [6.45, 7) is 0. The number of nitrogen functional groups attached to an aromatic ring is 1. The molecule has 4 aromatic carbocycles. The fraction of sp³-hybridized carbons (Fsp3) is 0. The van der Waals surface area contributed by atoms with E-state index in [2.05, 4.69) is 10.6 Å². The molecule has 12 nitrogen and oxygen atoms in total. The van der Waals surface area contributed by atoms with E-state index < -0.39 is 61.0 Å². The molecule has 0 saturated carbocycles. The van der Waals surface area contributed by atoms with Gasteiger partial charge in [-0.1, -0.05) is 42.1 Å². The molecular weight excluding hydrogens is 577 g/mol. The Kier molecular flexibility index (Phi) is 8.25. The maximum atomic E-state index is 13.5. The van der Waals surface area contributed by atoms with E-state index in [1.807, 2.05) is 0 Å². The van der Waals surface area contributed by atoms with Crippen LogP contribution in [-0.2, 0) is 10.1 Å². The van der Waals surface area contributed by atoms with Gasteiger partial charge < -0.3 is 26.6 Å². The first kappa shape index (κ1) is 30.4. The predicted octanol–water partition coefficient (Wildman–Crippen LogP) is 0.0626. The number of carbonyl (C=O) groups excluding carboxylic acids is 3. The summed E-state index contributed by atoms with van der Waals surface area (Å²) >= 11 is 0. The van der Waals surface area contributed by atoms with Crippen molar-refractivity contribution in [1.82, 2.24) is 0 Å². The Bertz CT molecular complexity index is 1940. The summed E-state index contributed by atoms with van der Waals surface area (Å²) in [5, 5.41) is 26.2. The van der Waals surface area contributed by atoms with Gasteiger partial charge in [-0.05, 0) is 36.4 Å². The van der Waals surface area contributed by atoms with Crippen molar-refractivity contribution in [3.63, 3.8) is 0 Å². The van der Waals surface area contributed by atoms with Crippen LogP contribution in [0, 0.1) is 0 Å². The zero-order valence-corrected chi connectivity index (χ0v) is 24.5. The first-order valence-electron chi connectivity index (χ1n) is 11.7. The zero-order valence-electron chi connectivity index (χ0n) is 21.7. The molecular formula is C28H18N3NaO9S. The second-order valence-corrected chi connectivity index (χ2v) is 10.3. The number of anilines is 4. The smallest absolute Gasteiger partial charge is 0.872 e. The average Bonchev–Trinajstić information content (AvgIpc) is 2.92. The van der Waals surface area contributed by atoms with Crippen LogP contribution in [0.15, 0.2) is 77.7 Å². The van der Waals surface area contributed by atoms with Crippen LogP contribution in [0.25, 0.3) is 0 Å². The molecule has 0 saturated heterocycles. The molecule has 6 N–H and O–H groups in total. The van der Waals surface area contributed by atoms with Crippen LogP contribution in [0.3, 0.4) is 0 Å². The summed E-state index contributed by atoms with van der Waals surface area (Å²) in [5.74, 6) is -4.19. The Morgan fingerprint density at radius 1 is 0.833 bits per heavy atom. The zero-order chi connectivity index (χ0) is 29.6. The van der Waals surface area contributed by atoms with E-state index in [9.17, 15) is 37.3 Å². The summed E-state index contributed by atoms with van der Waals surface area (Å²) in [6, 6.07) is 15.8. The molecule has 1 aliphatic carbocycles. The quantitative estimate of drug-likeness (QED) is 0.100. The minimum absolute atomic E-state index is 0. The number of hydrogen-bond acceptors (Lipinski definition) is 9. The number of fused-ring (bicyclic) bond motifs is 2. The van der Waals surface area contributed by atoms with Gasteiger partial charge in [-0.3, -0.25) is 18.9 Å². The second-order valence-electron chi connectivity index (χ2n) is 8.94. The van der Waals surface area contributed by atoms with Gasteiger partial charge in [0.25, 0.3) is 16.0 Å². The van der Waals surface area contributed by atoms with Crippen molar-refractivity contribution in [1.29, 1.82) is 0 Å². The normalized spacial score (nSPS) is 12.0. The van der Waals surface area contributed by atoms with Crippen molar-refractivity contribution in [2.45, 2.75) is 4.90 Å². The molecule has 0 atom stereocenters. The van der Waals surface area contributed by atoms with Gasteiger partial charge in [-0.15, -0.1) is 0 Å². The maximum absolute atomic E-state index is 13.5. The molecule has 1 amide bonds. The van der Waals surface area contributed by atoms with Gasteiger partial charge in [-0.2, -0.15) is 8.42 Å². The van der Waals surface area contributed by atoms with Crippen molar-refractivity contribution in [3.05, 3.63) is 106 Å². The molecule has 0 heterocycles. The molecule has 1 aliphatic rings. The molecule has 0 fully saturated rings. The molecule has 0 unspecified atom stereocenters. The van der Waals surface area contributed by atoms with Crippen LogP contribution >= 0.6 is 0 Å². The number of carboxylic acids is 1. The summed E-state index contributed by atoms with van der Waals surface area (Å²) in [7, 11) is -4.93. The Morgan fingerprint density at radius 2 is 1.48 bits per heavy atom. The van der Waals surface area contributed by atoms with Crippen LogP contribution in [0.4, 0.5) is 22.7 Å². The largest absolute Gasteiger partial charge is 1.00 e. The minimum atomic E-state index is -4.93. The Labute approximate surface area is 260 Å². The van der Waals surface area contributed by atoms with Crippen molar-refractivity contribution >= 4 is 56.3 Å². The molecule has 5 rings (SSSR count). The number of rotatable bonds is 6. The first-order valence-corrected chi connectivity index (χ1v) is 13.2. The first-order chi connectivity index (χ1) is 19.4. The van der Waals surface area contributed by atoms with Crippen LogP contribution in [0.5, 0.6) is 5.75 Å². The van der Waals surface area contributed by atoms with Crippen LogP contribution in [0.2, 0.25) is 0 Å². The molecule has 206 valence electrons. The summed E-state index contributed by atoms with van der Waals surface area (Å²) in [4.78, 5) is 50.1. The number of aromatic carboxylic acids is 1. The van der Waals surface area contributed by atoms with Crippen LogP contribution < -0.4 is 51.0 Å². The van der Waals surface area contributed by atoms with Gasteiger partial charge in [0.1, 0.15) is 4.90 Å². The number of hydrogen-bond donors (Lipinski definition) is 5. The van der Waals surface area contributed by atoms with E-state index >= 15 is 0 Å². The molecule has 0 aromatic heterocycles. The summed E-state index contributed by atoms with van der Waals surface area (Å²) in [6.07, 6.45) is 0. The summed E-state index contributed by atoms with van der Waals surface area (Å²) < 4.78 is 34.0. The number of carbonyl (C=O) groups is 4. The van der Waals surface area contributed by atoms with Crippen LogP contribution in [0.1, 0.15) is 52.6 Å². The van der Waals surface area contributed by atoms with Gasteiger partial charge in [0.2, 0.25) is 0 Å². The number of amides is 1. The third kappa shape index (κ3) is 5.51. The van der Waals surface area contributed by atoms with E-state index in [0.717, 1.165) is 18.2 Å². The molecule has 0 aliphatic heterocycles. The van der Waals surface area contributed by atoms with Crippen molar-refractivity contribution in [3.8, 4) is 5.75 Å². The van der Waals surface area contributed by atoms with E-state index in [-0.39, 0.29) is 68.9 Å². The Hall–Kier alpha value is -4.53. The Morgan fingerprint density at radius 3 is 2.10 bits per heavy atom. The van der Waals surface area contributed by atoms with Crippen molar-refractivity contribution in [2.75, 3.05) is 16.4 Å². The molecule has 4 aromatic rings. The van der Waals surface area contributed by atoms with Crippen LogP contribution in [-0.4, -0.2) is 41.5 Å². The predicted molar refractivity (Wildman–Crippen MR) is 145 cm³/mol. The summed E-state index contributed by atoms with van der Waals surface area (Å²) in [5.41, 5.74) is 4.50. The minimum Gasteiger partial charge on any atom is -0.872 e. The van der Waals surface area contributed by atoms with Gasteiger partial charge in [0.05, 0.1) is 28.1 Å². The SMILES string of the molecule is Nc1c(S(=O)(=O)O)cc(Nc2cccc(C(=O)Nc3ccc([O-])c(C(=O)O)c3)c2)c2c1C(=O)c1ccccc1C2=O.[Na+]. The van der Waals surface area contributed by atoms with Gasteiger partial charge in [0.15, 0.2) is 11.6 Å². The maximum Gasteiger partial charge on any atom is 1.00 e. The number of nitrogens with one attached hydrogen (secondary N) is 2. The van der Waals surface area contributed by atoms with Gasteiger partial charge in [0, 0.05) is 28.1 Å². The van der Waals surface area contributed by atoms with E-state index in [4.69, 9.17) is 10.8 Å². The fourth-order valence-corrected chi connectivity index (χ4v) is 5.12. The number of benzene rings is 4. The van der Waals surface area contributed by atoms with Crippen molar-refractivity contribution < 1.29 is 71.9 Å². The van der Waals surface area contributed by atoms with E-state index in [0.29, 0.717) is 0 Å². The fourth-order valence-electron chi connectivity index (χ4n) is 4.48. The third-order valence-electron chi connectivity index (χ3n) is 6.35. The molecule has 0 bridgehead atoms. The van der Waals surface area contributed by atoms with E-state index in [1.165, 1.54) is 48.5 Å². The number of carboxylic acid groups (broad SMARTS) is 1.